The fourth-order valence-electron chi connectivity index (χ4n) is 2.85. The van der Waals surface area contributed by atoms with Crippen molar-refractivity contribution in [1.29, 1.82) is 0 Å². The Morgan fingerprint density at radius 1 is 0.938 bits per heavy atom. The third kappa shape index (κ3) is 4.38. The first kappa shape index (κ1) is 21.3. The molecule has 10 nitrogen and oxygen atoms in total. The first-order valence-electron chi connectivity index (χ1n) is 9.02. The van der Waals surface area contributed by atoms with Crippen LogP contribution in [-0.4, -0.2) is 28.4 Å². The Hall–Kier alpha value is -3.96. The molecule has 0 saturated carbocycles. The Kier molecular flexibility index (Phi) is 5.51. The zero-order chi connectivity index (χ0) is 22.9. The van der Waals surface area contributed by atoms with Gasteiger partial charge in [0.2, 0.25) is 0 Å². The molecule has 4 aromatic rings. The highest BCUT2D eigenvalue weighted by Gasteiger charge is 2.21. The molecule has 0 aliphatic carbocycles. The van der Waals surface area contributed by atoms with Gasteiger partial charge in [-0.1, -0.05) is 29.8 Å². The van der Waals surface area contributed by atoms with Gasteiger partial charge in [-0.05, 0) is 30.3 Å². The van der Waals surface area contributed by atoms with E-state index in [1.807, 2.05) is 0 Å². The van der Waals surface area contributed by atoms with Crippen molar-refractivity contribution in [3.63, 3.8) is 0 Å². The summed E-state index contributed by atoms with van der Waals surface area (Å²) in [6.45, 7) is 0. The largest absolute Gasteiger partial charge is 0.508 e. The minimum atomic E-state index is -4.25. The number of sulfonamides is 1. The lowest BCUT2D eigenvalue weighted by atomic mass is 10.3. The van der Waals surface area contributed by atoms with Crippen molar-refractivity contribution < 1.29 is 18.4 Å². The van der Waals surface area contributed by atoms with Crippen LogP contribution >= 0.6 is 11.6 Å². The number of nitro groups is 1. The molecule has 0 atom stereocenters. The van der Waals surface area contributed by atoms with Crippen LogP contribution in [-0.2, 0) is 10.0 Å². The van der Waals surface area contributed by atoms with Gasteiger partial charge in [0.15, 0.2) is 11.6 Å². The van der Waals surface area contributed by atoms with Crippen LogP contribution in [0.5, 0.6) is 5.75 Å². The molecule has 0 amide bonds. The molecule has 0 fully saturated rings. The number of hydrogen-bond donors (Lipinski definition) is 3. The van der Waals surface area contributed by atoms with E-state index in [1.165, 1.54) is 36.4 Å². The second-order valence-corrected chi connectivity index (χ2v) is 8.65. The first-order valence-corrected chi connectivity index (χ1v) is 10.9. The number of benzene rings is 3. The van der Waals surface area contributed by atoms with Crippen molar-refractivity contribution in [3.8, 4) is 5.75 Å². The molecule has 12 heteroatoms. The topological polar surface area (TPSA) is 147 Å². The summed E-state index contributed by atoms with van der Waals surface area (Å²) in [7, 11) is -4.25. The van der Waals surface area contributed by atoms with Gasteiger partial charge >= 0.3 is 0 Å². The number of nitrogens with zero attached hydrogens (tertiary/aromatic N) is 3. The van der Waals surface area contributed by atoms with E-state index in [0.717, 1.165) is 6.07 Å². The zero-order valence-corrected chi connectivity index (χ0v) is 17.6. The first-order chi connectivity index (χ1) is 15.2. The number of phenolic OH excluding ortho intramolecular Hbond substituents is 1. The Morgan fingerprint density at radius 3 is 2.31 bits per heavy atom. The molecule has 0 bridgehead atoms. The number of fused-ring (bicyclic) bond motifs is 1. The van der Waals surface area contributed by atoms with Gasteiger partial charge in [0.1, 0.15) is 5.75 Å². The summed E-state index contributed by atoms with van der Waals surface area (Å²) in [5.41, 5.74) is 0.788. The molecule has 162 valence electrons. The molecule has 1 heterocycles. The molecule has 0 aliphatic rings. The van der Waals surface area contributed by atoms with Crippen LogP contribution in [0.3, 0.4) is 0 Å². The van der Waals surface area contributed by atoms with Crippen LogP contribution < -0.4 is 10.0 Å². The van der Waals surface area contributed by atoms with Crippen molar-refractivity contribution in [3.05, 3.63) is 81.9 Å². The molecule has 0 spiro atoms. The number of para-hydroxylation sites is 2. The maximum absolute atomic E-state index is 12.9. The zero-order valence-electron chi connectivity index (χ0n) is 16.1. The molecule has 32 heavy (non-hydrogen) atoms. The highest BCUT2D eigenvalue weighted by atomic mass is 35.5. The smallest absolute Gasteiger partial charge is 0.270 e. The normalized spacial score (nSPS) is 11.3. The molecule has 0 radical (unpaired) electrons. The average Bonchev–Trinajstić information content (AvgIpc) is 2.76. The van der Waals surface area contributed by atoms with Crippen LogP contribution in [0.25, 0.3) is 11.0 Å². The lowest BCUT2D eigenvalue weighted by Crippen LogP contribution is -2.16. The quantitative estimate of drug-likeness (QED) is 0.276. The van der Waals surface area contributed by atoms with Gasteiger partial charge in [0.25, 0.3) is 15.7 Å². The van der Waals surface area contributed by atoms with Crippen LogP contribution in [0.2, 0.25) is 5.02 Å². The van der Waals surface area contributed by atoms with Gasteiger partial charge in [-0.15, -0.1) is 0 Å². The predicted molar refractivity (Wildman–Crippen MR) is 120 cm³/mol. The van der Waals surface area contributed by atoms with Crippen LogP contribution in [0.15, 0.2) is 71.6 Å². The van der Waals surface area contributed by atoms with Crippen molar-refractivity contribution in [1.82, 2.24) is 9.97 Å². The van der Waals surface area contributed by atoms with Gasteiger partial charge in [-0.2, -0.15) is 0 Å². The third-order valence-electron chi connectivity index (χ3n) is 4.34. The van der Waals surface area contributed by atoms with Crippen molar-refractivity contribution in [2.75, 3.05) is 10.0 Å². The van der Waals surface area contributed by atoms with Crippen molar-refractivity contribution in [2.45, 2.75) is 4.90 Å². The van der Waals surface area contributed by atoms with E-state index in [1.54, 1.807) is 24.3 Å². The predicted octanol–water partition coefficient (Wildman–Crippen LogP) is 4.44. The number of nitrogens with one attached hydrogen (secondary N) is 2. The lowest BCUT2D eigenvalue weighted by molar-refractivity contribution is -0.385. The van der Waals surface area contributed by atoms with Gasteiger partial charge in [0, 0.05) is 18.2 Å². The molecule has 3 aromatic carbocycles. The summed E-state index contributed by atoms with van der Waals surface area (Å²) < 4.78 is 28.2. The molecule has 4 rings (SSSR count). The highest BCUT2D eigenvalue weighted by molar-refractivity contribution is 7.92. The van der Waals surface area contributed by atoms with E-state index in [4.69, 9.17) is 11.6 Å². The van der Waals surface area contributed by atoms with Gasteiger partial charge < -0.3 is 10.4 Å². The molecule has 0 unspecified atom stereocenters. The SMILES string of the molecule is O=[N+]([O-])c1cccc(S(=O)(=O)Nc2nc3ccccc3nc2Nc2cc(O)ccc2Cl)c1. The molecule has 0 aliphatic heterocycles. The van der Waals surface area contributed by atoms with Crippen molar-refractivity contribution in [2.24, 2.45) is 0 Å². The monoisotopic (exact) mass is 471 g/mol. The van der Waals surface area contributed by atoms with Gasteiger partial charge in [0.05, 0.1) is 31.6 Å². The maximum Gasteiger partial charge on any atom is 0.270 e. The minimum Gasteiger partial charge on any atom is -0.508 e. The summed E-state index contributed by atoms with van der Waals surface area (Å²) in [4.78, 5) is 18.8. The molecular weight excluding hydrogens is 458 g/mol. The Morgan fingerprint density at radius 2 is 1.62 bits per heavy atom. The molecule has 1 aromatic heterocycles. The Bertz CT molecular complexity index is 1460. The molecule has 3 N–H and O–H groups in total. The third-order valence-corrected chi connectivity index (χ3v) is 6.01. The standard InChI is InChI=1S/C20H14ClN5O5S/c21-15-9-8-13(27)11-18(15)24-19-20(23-17-7-2-1-6-16(17)22-19)25-32(30,31)14-5-3-4-12(10-14)26(28)29/h1-11,27H,(H,22,24)(H,23,25). The van der Waals surface area contributed by atoms with E-state index in [0.29, 0.717) is 11.0 Å². The minimum absolute atomic E-state index is 0.0187. The summed E-state index contributed by atoms with van der Waals surface area (Å²) in [6.07, 6.45) is 0. The fraction of sp³-hybridized carbons (Fsp3) is 0. The van der Waals surface area contributed by atoms with Gasteiger partial charge in [-0.25, -0.2) is 18.4 Å². The second kappa shape index (κ2) is 8.29. The number of aromatic nitrogens is 2. The van der Waals surface area contributed by atoms with Gasteiger partial charge in [-0.3, -0.25) is 14.8 Å². The summed E-state index contributed by atoms with van der Waals surface area (Å²) in [5, 5.41) is 23.9. The number of hydrogen-bond acceptors (Lipinski definition) is 8. The molecular formula is C20H14ClN5O5S. The summed E-state index contributed by atoms with van der Waals surface area (Å²) >= 11 is 6.17. The van der Waals surface area contributed by atoms with Crippen LogP contribution in [0.4, 0.5) is 23.0 Å². The number of nitro benzene ring substituents is 1. The lowest BCUT2D eigenvalue weighted by Gasteiger charge is -2.14. The Balaban J connectivity index is 1.80. The van der Waals surface area contributed by atoms with E-state index in [2.05, 4.69) is 20.0 Å². The fourth-order valence-corrected chi connectivity index (χ4v) is 4.06. The number of aromatic hydroxyl groups is 1. The number of phenols is 1. The number of non-ortho nitro benzene ring substituents is 1. The molecule has 0 saturated heterocycles. The second-order valence-electron chi connectivity index (χ2n) is 6.56. The van der Waals surface area contributed by atoms with Crippen LogP contribution in [0, 0.1) is 10.1 Å². The van der Waals surface area contributed by atoms with E-state index in [9.17, 15) is 23.6 Å². The Labute approximate surface area is 186 Å². The van der Waals surface area contributed by atoms with E-state index < -0.39 is 14.9 Å². The number of halogens is 1. The number of rotatable bonds is 6. The summed E-state index contributed by atoms with van der Waals surface area (Å²) in [6, 6.07) is 15.6. The van der Waals surface area contributed by atoms with E-state index >= 15 is 0 Å². The van der Waals surface area contributed by atoms with Crippen molar-refractivity contribution >= 4 is 55.7 Å². The average molecular weight is 472 g/mol. The number of anilines is 3. The van der Waals surface area contributed by atoms with Crippen LogP contribution in [0.1, 0.15) is 0 Å². The summed E-state index contributed by atoms with van der Waals surface area (Å²) in [5.74, 6) is -0.204. The maximum atomic E-state index is 12.9. The van der Waals surface area contributed by atoms with E-state index in [-0.39, 0.29) is 38.7 Å². The highest BCUT2D eigenvalue weighted by Crippen LogP contribution is 2.32.